The third-order valence-electron chi connectivity index (χ3n) is 4.86. The van der Waals surface area contributed by atoms with Gasteiger partial charge in [-0.3, -0.25) is 14.6 Å². The molecule has 0 spiro atoms. The van der Waals surface area contributed by atoms with E-state index in [9.17, 15) is 22.8 Å². The number of hydrogen-bond acceptors (Lipinski definition) is 5. The van der Waals surface area contributed by atoms with E-state index in [2.05, 4.69) is 25.7 Å². The molecule has 2 amide bonds. The van der Waals surface area contributed by atoms with E-state index in [0.29, 0.717) is 17.0 Å². The van der Waals surface area contributed by atoms with Gasteiger partial charge >= 0.3 is 6.18 Å². The van der Waals surface area contributed by atoms with Crippen LogP contribution in [0.3, 0.4) is 0 Å². The summed E-state index contributed by atoms with van der Waals surface area (Å²) in [5.74, 6) is -1.59. The zero-order chi connectivity index (χ0) is 25.3. The van der Waals surface area contributed by atoms with Crippen molar-refractivity contribution in [3.8, 4) is 5.82 Å². The minimum absolute atomic E-state index is 0.00950. The average molecular weight is 503 g/mol. The molecule has 2 N–H and O–H groups in total. The molecule has 1 aromatic carbocycles. The lowest BCUT2D eigenvalue weighted by Gasteiger charge is -2.16. The standard InChI is InChI=1S/C23H18ClF3N6O2/c1-12(2)30-21(34)14-7-8-16-13(5-3-9-28-16)19(14)31-22(35)17-11-18(23(25,26)27)32-33(17)20-15(24)6-4-10-29-20/h3-12H,1-2H3,(H,30,34)(H,31,35). The van der Waals surface area contributed by atoms with Crippen LogP contribution in [-0.4, -0.2) is 37.6 Å². The molecular weight excluding hydrogens is 485 g/mol. The van der Waals surface area contributed by atoms with Gasteiger partial charge in [0.1, 0.15) is 5.69 Å². The number of rotatable bonds is 5. The Kier molecular flexibility index (Phi) is 6.44. The molecule has 0 aliphatic rings. The highest BCUT2D eigenvalue weighted by Crippen LogP contribution is 2.32. The van der Waals surface area contributed by atoms with E-state index in [1.807, 2.05) is 0 Å². The Labute approximate surface area is 202 Å². The molecular formula is C23H18ClF3N6O2. The zero-order valence-corrected chi connectivity index (χ0v) is 19.1. The molecule has 4 rings (SSSR count). The molecule has 8 nitrogen and oxygen atoms in total. The van der Waals surface area contributed by atoms with Gasteiger partial charge in [-0.1, -0.05) is 11.6 Å². The molecule has 4 aromatic rings. The number of carbonyl (C=O) groups excluding carboxylic acids is 2. The van der Waals surface area contributed by atoms with Gasteiger partial charge in [0.05, 0.1) is 21.8 Å². The van der Waals surface area contributed by atoms with Crippen LogP contribution in [0.4, 0.5) is 18.9 Å². The first-order valence-corrected chi connectivity index (χ1v) is 10.7. The monoisotopic (exact) mass is 502 g/mol. The van der Waals surface area contributed by atoms with Crippen LogP contribution >= 0.6 is 11.6 Å². The maximum atomic E-state index is 13.5. The molecule has 0 saturated carbocycles. The molecule has 0 aliphatic heterocycles. The van der Waals surface area contributed by atoms with Gasteiger partial charge in [-0.2, -0.15) is 18.3 Å². The summed E-state index contributed by atoms with van der Waals surface area (Å²) in [6.07, 6.45) is -1.98. The average Bonchev–Trinajstić information content (AvgIpc) is 3.25. The molecule has 0 fully saturated rings. The van der Waals surface area contributed by atoms with Gasteiger partial charge in [-0.15, -0.1) is 0 Å². The minimum atomic E-state index is -4.83. The summed E-state index contributed by atoms with van der Waals surface area (Å²) < 4.78 is 41.1. The van der Waals surface area contributed by atoms with Gasteiger partial charge in [0.15, 0.2) is 11.5 Å². The molecule has 35 heavy (non-hydrogen) atoms. The quantitative estimate of drug-likeness (QED) is 0.405. The van der Waals surface area contributed by atoms with Crippen molar-refractivity contribution >= 4 is 40.0 Å². The highest BCUT2D eigenvalue weighted by Gasteiger charge is 2.37. The highest BCUT2D eigenvalue weighted by molar-refractivity contribution is 6.32. The second kappa shape index (κ2) is 9.34. The van der Waals surface area contributed by atoms with E-state index in [1.54, 1.807) is 32.0 Å². The maximum absolute atomic E-state index is 13.5. The Morgan fingerprint density at radius 3 is 2.43 bits per heavy atom. The minimum Gasteiger partial charge on any atom is -0.350 e. The molecule has 12 heteroatoms. The Hall–Kier alpha value is -3.99. The Morgan fingerprint density at radius 1 is 1.03 bits per heavy atom. The van der Waals surface area contributed by atoms with Crippen LogP contribution < -0.4 is 10.6 Å². The predicted octanol–water partition coefficient (Wildman–Crippen LogP) is 4.88. The number of aromatic nitrogens is 4. The van der Waals surface area contributed by atoms with E-state index in [-0.39, 0.29) is 28.1 Å². The van der Waals surface area contributed by atoms with Gasteiger partial charge in [-0.05, 0) is 50.2 Å². The number of alkyl halides is 3. The number of carbonyl (C=O) groups is 2. The molecule has 0 bridgehead atoms. The summed E-state index contributed by atoms with van der Waals surface area (Å²) in [7, 11) is 0. The SMILES string of the molecule is CC(C)NC(=O)c1ccc2ncccc2c1NC(=O)c1cc(C(F)(F)F)nn1-c1ncccc1Cl. The predicted molar refractivity (Wildman–Crippen MR) is 124 cm³/mol. The molecule has 0 atom stereocenters. The topological polar surface area (TPSA) is 102 Å². The third kappa shape index (κ3) is 4.94. The van der Waals surface area contributed by atoms with Gasteiger partial charge in [0.2, 0.25) is 0 Å². The van der Waals surface area contributed by atoms with Crippen LogP contribution in [0, 0.1) is 0 Å². The van der Waals surface area contributed by atoms with Crippen molar-refractivity contribution in [2.45, 2.75) is 26.1 Å². The summed E-state index contributed by atoms with van der Waals surface area (Å²) in [5.41, 5.74) is -1.10. The number of amides is 2. The first-order valence-electron chi connectivity index (χ1n) is 10.3. The van der Waals surface area contributed by atoms with E-state index in [0.717, 1.165) is 4.68 Å². The lowest BCUT2D eigenvalue weighted by Crippen LogP contribution is -2.31. The normalized spacial score (nSPS) is 11.6. The Morgan fingerprint density at radius 2 is 1.74 bits per heavy atom. The Bertz CT molecular complexity index is 1430. The van der Waals surface area contributed by atoms with Gasteiger partial charge < -0.3 is 10.6 Å². The molecule has 3 aromatic heterocycles. The number of benzene rings is 1. The lowest BCUT2D eigenvalue weighted by atomic mass is 10.1. The van der Waals surface area contributed by atoms with Gasteiger partial charge in [0.25, 0.3) is 11.8 Å². The molecule has 0 saturated heterocycles. The second-order valence-electron chi connectivity index (χ2n) is 7.77. The lowest BCUT2D eigenvalue weighted by molar-refractivity contribution is -0.141. The van der Waals surface area contributed by atoms with Crippen molar-refractivity contribution in [3.05, 3.63) is 76.8 Å². The van der Waals surface area contributed by atoms with Crippen molar-refractivity contribution in [2.75, 3.05) is 5.32 Å². The summed E-state index contributed by atoms with van der Waals surface area (Å²) in [6, 6.07) is 9.64. The van der Waals surface area contributed by atoms with Crippen LogP contribution in [-0.2, 0) is 6.18 Å². The molecule has 0 radical (unpaired) electrons. The summed E-state index contributed by atoms with van der Waals surface area (Å²) in [5, 5.41) is 9.26. The van der Waals surface area contributed by atoms with Crippen molar-refractivity contribution in [1.82, 2.24) is 25.1 Å². The maximum Gasteiger partial charge on any atom is 0.435 e. The van der Waals surface area contributed by atoms with Crippen molar-refractivity contribution in [1.29, 1.82) is 0 Å². The van der Waals surface area contributed by atoms with Crippen LogP contribution in [0.15, 0.2) is 54.9 Å². The highest BCUT2D eigenvalue weighted by atomic mass is 35.5. The first-order chi connectivity index (χ1) is 16.6. The fourth-order valence-corrected chi connectivity index (χ4v) is 3.57. The van der Waals surface area contributed by atoms with Crippen molar-refractivity contribution < 1.29 is 22.8 Å². The fourth-order valence-electron chi connectivity index (χ4n) is 3.37. The number of nitrogens with zero attached hydrogens (tertiary/aromatic N) is 4. The number of fused-ring (bicyclic) bond motifs is 1. The van der Waals surface area contributed by atoms with Crippen molar-refractivity contribution in [3.63, 3.8) is 0 Å². The molecule has 180 valence electrons. The number of anilines is 1. The number of pyridine rings is 2. The zero-order valence-electron chi connectivity index (χ0n) is 18.4. The molecule has 0 aliphatic carbocycles. The largest absolute Gasteiger partial charge is 0.435 e. The first kappa shape index (κ1) is 24.1. The van der Waals surface area contributed by atoms with Gasteiger partial charge in [0, 0.05) is 29.9 Å². The van der Waals surface area contributed by atoms with E-state index < -0.39 is 29.4 Å². The fraction of sp³-hybridized carbons (Fsp3) is 0.174. The molecule has 0 unspecified atom stereocenters. The van der Waals surface area contributed by atoms with Crippen LogP contribution in [0.1, 0.15) is 40.4 Å². The van der Waals surface area contributed by atoms with E-state index in [4.69, 9.17) is 11.6 Å². The second-order valence-corrected chi connectivity index (χ2v) is 8.18. The number of halogens is 4. The van der Waals surface area contributed by atoms with E-state index in [1.165, 1.54) is 30.6 Å². The van der Waals surface area contributed by atoms with Gasteiger partial charge in [-0.25, -0.2) is 9.67 Å². The summed E-state index contributed by atoms with van der Waals surface area (Å²) in [4.78, 5) is 34.4. The smallest absolute Gasteiger partial charge is 0.350 e. The number of hydrogen-bond donors (Lipinski definition) is 2. The summed E-state index contributed by atoms with van der Waals surface area (Å²) >= 11 is 6.11. The van der Waals surface area contributed by atoms with Crippen LogP contribution in [0.5, 0.6) is 0 Å². The summed E-state index contributed by atoms with van der Waals surface area (Å²) in [6.45, 7) is 3.54. The Balaban J connectivity index is 1.85. The molecule has 3 heterocycles. The third-order valence-corrected chi connectivity index (χ3v) is 5.16. The van der Waals surface area contributed by atoms with Crippen LogP contribution in [0.25, 0.3) is 16.7 Å². The van der Waals surface area contributed by atoms with Crippen molar-refractivity contribution in [2.24, 2.45) is 0 Å². The van der Waals surface area contributed by atoms with E-state index >= 15 is 0 Å². The van der Waals surface area contributed by atoms with Crippen LogP contribution in [0.2, 0.25) is 5.02 Å². The number of nitrogens with one attached hydrogen (secondary N) is 2.